The summed E-state index contributed by atoms with van der Waals surface area (Å²) in [5.74, 6) is 1.79. The number of rotatable bonds is 9. The number of nitrogens with zero attached hydrogens (tertiary/aromatic N) is 4. The Bertz CT molecular complexity index is 1310. The van der Waals surface area contributed by atoms with Crippen molar-refractivity contribution in [1.82, 2.24) is 14.9 Å². The largest absolute Gasteiger partial charge is 0.493 e. The van der Waals surface area contributed by atoms with E-state index in [4.69, 9.17) is 48.8 Å². The van der Waals surface area contributed by atoms with Crippen molar-refractivity contribution in [2.45, 2.75) is 24.0 Å². The maximum absolute atomic E-state index is 8.93. The number of hydrogen-bond acceptors (Lipinski definition) is 9. The van der Waals surface area contributed by atoms with Crippen LogP contribution in [-0.2, 0) is 6.61 Å². The number of pyridine rings is 2. The molecule has 0 radical (unpaired) electrons. The van der Waals surface area contributed by atoms with Gasteiger partial charge in [-0.05, 0) is 39.4 Å². The average molecular weight is 562 g/mol. The van der Waals surface area contributed by atoms with E-state index in [1.165, 1.54) is 19.5 Å². The lowest BCUT2D eigenvalue weighted by Gasteiger charge is -2.52. The molecule has 37 heavy (non-hydrogen) atoms. The van der Waals surface area contributed by atoms with E-state index in [-0.39, 0.29) is 17.9 Å². The summed E-state index contributed by atoms with van der Waals surface area (Å²) in [5, 5.41) is 9.73. The maximum Gasteiger partial charge on any atom is 0.162 e. The van der Waals surface area contributed by atoms with Crippen LogP contribution < -0.4 is 20.1 Å². The Morgan fingerprint density at radius 2 is 1.84 bits per heavy atom. The Balaban J connectivity index is 1.60. The molecular formula is C26H30Cl2N6O2S. The van der Waals surface area contributed by atoms with Crippen molar-refractivity contribution in [3.63, 3.8) is 0 Å². The lowest BCUT2D eigenvalue weighted by atomic mass is 9.91. The highest BCUT2D eigenvalue weighted by Gasteiger charge is 2.41. The Morgan fingerprint density at radius 1 is 1.16 bits per heavy atom. The minimum Gasteiger partial charge on any atom is -0.493 e. The molecule has 1 saturated heterocycles. The lowest BCUT2D eigenvalue weighted by molar-refractivity contribution is 0.132. The van der Waals surface area contributed by atoms with Gasteiger partial charge < -0.3 is 25.0 Å². The van der Waals surface area contributed by atoms with Gasteiger partial charge in [-0.1, -0.05) is 23.2 Å². The van der Waals surface area contributed by atoms with Crippen molar-refractivity contribution in [1.29, 1.82) is 5.41 Å². The van der Waals surface area contributed by atoms with Gasteiger partial charge in [-0.2, -0.15) is 0 Å². The summed E-state index contributed by atoms with van der Waals surface area (Å²) in [6, 6.07) is 5.33. The van der Waals surface area contributed by atoms with Crippen molar-refractivity contribution in [2.24, 2.45) is 0 Å². The van der Waals surface area contributed by atoms with Crippen LogP contribution in [0.2, 0.25) is 10.0 Å². The molecule has 3 aromatic rings. The first kappa shape index (κ1) is 27.3. The molecule has 1 aliphatic heterocycles. The SMILES string of the molecule is COc1cc(N)c(C(=N)c2cnc(N3CC(C)(N(C)C)C3)c(SC)c2)cc1OCc1c(Cl)cncc1Cl. The molecule has 3 N–H and O–H groups in total. The number of aromatic nitrogens is 2. The van der Waals surface area contributed by atoms with Gasteiger partial charge in [-0.3, -0.25) is 10.4 Å². The zero-order valence-electron chi connectivity index (χ0n) is 21.4. The number of hydrogen-bond donors (Lipinski definition) is 2. The molecular weight excluding hydrogens is 531 g/mol. The number of halogens is 2. The van der Waals surface area contributed by atoms with E-state index in [0.717, 1.165) is 23.8 Å². The highest BCUT2D eigenvalue weighted by molar-refractivity contribution is 7.98. The van der Waals surface area contributed by atoms with E-state index >= 15 is 0 Å². The summed E-state index contributed by atoms with van der Waals surface area (Å²) >= 11 is 14.1. The topological polar surface area (TPSA) is 101 Å². The van der Waals surface area contributed by atoms with Gasteiger partial charge in [0, 0.05) is 60.1 Å². The predicted octanol–water partition coefficient (Wildman–Crippen LogP) is 5.23. The fourth-order valence-electron chi connectivity index (χ4n) is 4.12. The number of anilines is 2. The number of methoxy groups -OCH3 is 1. The maximum atomic E-state index is 8.93. The summed E-state index contributed by atoms with van der Waals surface area (Å²) in [6.45, 7) is 4.14. The molecule has 196 valence electrons. The molecule has 0 saturated carbocycles. The second-order valence-corrected chi connectivity index (χ2v) is 11.0. The average Bonchev–Trinajstić information content (AvgIpc) is 2.86. The van der Waals surface area contributed by atoms with Crippen molar-refractivity contribution in [3.8, 4) is 11.5 Å². The van der Waals surface area contributed by atoms with Crippen LogP contribution in [0.15, 0.2) is 41.7 Å². The second kappa shape index (κ2) is 10.9. The smallest absolute Gasteiger partial charge is 0.162 e. The minimum atomic E-state index is 0.0990. The fraction of sp³-hybridized carbons (Fsp3) is 0.346. The number of ether oxygens (including phenoxy) is 2. The molecule has 11 heteroatoms. The van der Waals surface area contributed by atoms with Gasteiger partial charge >= 0.3 is 0 Å². The first-order chi connectivity index (χ1) is 17.6. The minimum absolute atomic E-state index is 0.0990. The van der Waals surface area contributed by atoms with Crippen molar-refractivity contribution >= 4 is 52.2 Å². The summed E-state index contributed by atoms with van der Waals surface area (Å²) in [6.07, 6.45) is 6.76. The number of nitrogen functional groups attached to an aromatic ring is 1. The molecule has 0 bridgehead atoms. The Labute approximate surface area is 231 Å². The van der Waals surface area contributed by atoms with Crippen LogP contribution in [0.25, 0.3) is 0 Å². The zero-order valence-corrected chi connectivity index (χ0v) is 23.8. The fourth-order valence-corrected chi connectivity index (χ4v) is 5.20. The van der Waals surface area contributed by atoms with Crippen LogP contribution in [0.3, 0.4) is 0 Å². The summed E-state index contributed by atoms with van der Waals surface area (Å²) in [4.78, 5) is 14.2. The van der Waals surface area contributed by atoms with E-state index < -0.39 is 0 Å². The van der Waals surface area contributed by atoms with Crippen molar-refractivity contribution in [3.05, 3.63) is 63.5 Å². The van der Waals surface area contributed by atoms with Crippen LogP contribution >= 0.6 is 35.0 Å². The molecule has 0 unspecified atom stereocenters. The molecule has 1 aliphatic rings. The first-order valence-electron chi connectivity index (χ1n) is 11.5. The Hall–Kier alpha value is -2.72. The van der Waals surface area contributed by atoms with E-state index in [1.807, 2.05) is 12.3 Å². The second-order valence-electron chi connectivity index (χ2n) is 9.33. The van der Waals surface area contributed by atoms with Gasteiger partial charge in [-0.25, -0.2) is 4.98 Å². The normalized spacial score (nSPS) is 14.4. The molecule has 3 heterocycles. The van der Waals surface area contributed by atoms with Gasteiger partial charge in [0.05, 0.1) is 33.3 Å². The van der Waals surface area contributed by atoms with E-state index in [1.54, 1.807) is 30.1 Å². The van der Waals surface area contributed by atoms with Gasteiger partial charge in [-0.15, -0.1) is 11.8 Å². The summed E-state index contributed by atoms with van der Waals surface area (Å²) < 4.78 is 11.5. The molecule has 1 fully saturated rings. The molecule has 0 aliphatic carbocycles. The third kappa shape index (κ3) is 5.45. The van der Waals surface area contributed by atoms with Gasteiger partial charge in [0.25, 0.3) is 0 Å². The standard InChI is InChI=1S/C26H30Cl2N6O2S/c1-26(33(2)3)13-34(14-26)25-23(37-5)6-15(9-32-25)24(30)16-7-22(21(35-4)8-20(16)29)36-12-17-18(27)10-31-11-19(17)28/h6-11,30H,12-14,29H2,1-5H3. The molecule has 8 nitrogen and oxygen atoms in total. The number of nitrogens with two attached hydrogens (primary N) is 1. The van der Waals surface area contributed by atoms with Crippen LogP contribution in [0.4, 0.5) is 11.5 Å². The Kier molecular flexibility index (Phi) is 8.08. The van der Waals surface area contributed by atoms with E-state index in [0.29, 0.717) is 43.9 Å². The third-order valence-corrected chi connectivity index (χ3v) is 8.10. The van der Waals surface area contributed by atoms with Gasteiger partial charge in [0.2, 0.25) is 0 Å². The molecule has 1 aromatic carbocycles. The Morgan fingerprint density at radius 3 is 2.43 bits per heavy atom. The number of nitrogens with one attached hydrogen (secondary N) is 1. The summed E-state index contributed by atoms with van der Waals surface area (Å²) in [7, 11) is 5.73. The quantitative estimate of drug-likeness (QED) is 0.208. The lowest BCUT2D eigenvalue weighted by Crippen LogP contribution is -2.67. The highest BCUT2D eigenvalue weighted by Crippen LogP contribution is 2.38. The zero-order chi connectivity index (χ0) is 26.9. The van der Waals surface area contributed by atoms with Crippen LogP contribution in [0, 0.1) is 5.41 Å². The molecule has 4 rings (SSSR count). The third-order valence-electron chi connectivity index (χ3n) is 6.71. The molecule has 0 spiro atoms. The molecule has 0 atom stereocenters. The summed E-state index contributed by atoms with van der Waals surface area (Å²) in [5.41, 5.74) is 8.87. The van der Waals surface area contributed by atoms with Gasteiger partial charge in [0.15, 0.2) is 11.5 Å². The predicted molar refractivity (Wildman–Crippen MR) is 152 cm³/mol. The van der Waals surface area contributed by atoms with E-state index in [2.05, 4.69) is 35.8 Å². The van der Waals surface area contributed by atoms with Crippen molar-refractivity contribution < 1.29 is 9.47 Å². The molecule has 2 aromatic heterocycles. The monoisotopic (exact) mass is 560 g/mol. The van der Waals surface area contributed by atoms with Crippen molar-refractivity contribution in [2.75, 3.05) is 51.2 Å². The van der Waals surface area contributed by atoms with E-state index in [9.17, 15) is 0 Å². The number of benzene rings is 1. The first-order valence-corrected chi connectivity index (χ1v) is 13.5. The number of likely N-dealkylation sites (N-methyl/N-ethyl adjacent to an activating group) is 1. The molecule has 0 amide bonds. The van der Waals surface area contributed by atoms with Crippen LogP contribution in [-0.4, -0.2) is 66.7 Å². The van der Waals surface area contributed by atoms with Crippen LogP contribution in [0.1, 0.15) is 23.6 Å². The highest BCUT2D eigenvalue weighted by atomic mass is 35.5. The number of thioether (sulfide) groups is 1. The van der Waals surface area contributed by atoms with Gasteiger partial charge in [0.1, 0.15) is 12.4 Å². The van der Waals surface area contributed by atoms with Crippen LogP contribution in [0.5, 0.6) is 11.5 Å².